The lowest BCUT2D eigenvalue weighted by atomic mass is 9.94. The molecule has 2 saturated heterocycles. The number of β-amino-alcohol motifs (C(OH)–C–C–N with tert-alkyl or cyclic N) is 1. The first-order valence-corrected chi connectivity index (χ1v) is 11.8. The summed E-state index contributed by atoms with van der Waals surface area (Å²) in [6.45, 7) is 2.01. The molecule has 2 aromatic carbocycles. The lowest BCUT2D eigenvalue weighted by Crippen LogP contribution is -2.55. The molecule has 4 rings (SSSR count). The fraction of sp³-hybridized carbons (Fsp3) is 0.480. The molecule has 0 aromatic heterocycles. The van der Waals surface area contributed by atoms with Crippen LogP contribution in [0.3, 0.4) is 0 Å². The number of hydrogen-bond acceptors (Lipinski definition) is 5. The van der Waals surface area contributed by atoms with E-state index < -0.39 is 6.10 Å². The van der Waals surface area contributed by atoms with E-state index in [0.29, 0.717) is 31.3 Å². The smallest absolute Gasteiger partial charge is 0.222 e. The molecule has 33 heavy (non-hydrogen) atoms. The summed E-state index contributed by atoms with van der Waals surface area (Å²) in [6.07, 6.45) is 0.834. The first kappa shape index (κ1) is 24.1. The zero-order chi connectivity index (χ0) is 23.2. The molecule has 2 fully saturated rings. The number of fused-ring (bicyclic) bond motifs is 1. The molecule has 2 N–H and O–H groups in total. The highest BCUT2D eigenvalue weighted by molar-refractivity contribution is 6.31. The van der Waals surface area contributed by atoms with Gasteiger partial charge in [0.2, 0.25) is 5.91 Å². The Morgan fingerprint density at radius 3 is 2.73 bits per heavy atom. The molecule has 2 aliphatic heterocycles. The topological polar surface area (TPSA) is 71.0 Å². The van der Waals surface area contributed by atoms with Crippen LogP contribution >= 0.6 is 11.6 Å². The van der Waals surface area contributed by atoms with Crippen molar-refractivity contribution in [3.05, 3.63) is 70.5 Å². The van der Waals surface area contributed by atoms with Crippen LogP contribution in [-0.4, -0.2) is 60.0 Å². The van der Waals surface area contributed by atoms with Gasteiger partial charge in [0.15, 0.2) is 0 Å². The van der Waals surface area contributed by atoms with Gasteiger partial charge >= 0.3 is 0 Å². The summed E-state index contributed by atoms with van der Waals surface area (Å²) in [4.78, 5) is 14.7. The van der Waals surface area contributed by atoms with Gasteiger partial charge < -0.3 is 19.9 Å². The van der Waals surface area contributed by atoms with Crippen LogP contribution in [0, 0.1) is 5.82 Å². The van der Waals surface area contributed by atoms with E-state index >= 15 is 0 Å². The van der Waals surface area contributed by atoms with E-state index in [4.69, 9.17) is 21.1 Å². The Balaban J connectivity index is 1.34. The first-order chi connectivity index (χ1) is 16.0. The van der Waals surface area contributed by atoms with Crippen LogP contribution < -0.4 is 5.32 Å². The average molecular weight is 477 g/mol. The van der Waals surface area contributed by atoms with Crippen molar-refractivity contribution in [2.45, 2.75) is 56.7 Å². The SMILES string of the molecule is O=C(C[C@@H]1CC[C@H]2[C@@H](COC[C@@H](O)CN2Cc2ccc(F)cc2)O1)NCc1ccccc1Cl. The quantitative estimate of drug-likeness (QED) is 0.669. The van der Waals surface area contributed by atoms with Crippen molar-refractivity contribution in [1.82, 2.24) is 10.2 Å². The Bertz CT molecular complexity index is 929. The Kier molecular flexibility index (Phi) is 8.33. The van der Waals surface area contributed by atoms with E-state index in [9.17, 15) is 14.3 Å². The van der Waals surface area contributed by atoms with Gasteiger partial charge in [-0.1, -0.05) is 41.9 Å². The number of carbonyl (C=O) groups excluding carboxylic acids is 1. The summed E-state index contributed by atoms with van der Waals surface area (Å²) in [6, 6.07) is 13.9. The number of nitrogens with one attached hydrogen (secondary N) is 1. The van der Waals surface area contributed by atoms with Crippen LogP contribution in [0.25, 0.3) is 0 Å². The molecular weight excluding hydrogens is 447 g/mol. The van der Waals surface area contributed by atoms with Crippen molar-refractivity contribution in [1.29, 1.82) is 0 Å². The molecular formula is C25H30ClFN2O4. The number of hydrogen-bond donors (Lipinski definition) is 2. The lowest BCUT2D eigenvalue weighted by molar-refractivity contribution is -0.158. The number of aliphatic hydroxyl groups is 1. The summed E-state index contributed by atoms with van der Waals surface area (Å²) in [5, 5.41) is 13.9. The zero-order valence-corrected chi connectivity index (χ0v) is 19.2. The maximum absolute atomic E-state index is 13.3. The number of halogens is 2. The van der Waals surface area contributed by atoms with Crippen LogP contribution in [0.4, 0.5) is 4.39 Å². The summed E-state index contributed by atoms with van der Waals surface area (Å²) in [7, 11) is 0. The Morgan fingerprint density at radius 1 is 1.15 bits per heavy atom. The van der Waals surface area contributed by atoms with E-state index in [1.807, 2.05) is 18.2 Å². The molecule has 2 aromatic rings. The van der Waals surface area contributed by atoms with E-state index in [1.165, 1.54) is 12.1 Å². The maximum atomic E-state index is 13.3. The molecule has 1 amide bonds. The van der Waals surface area contributed by atoms with E-state index in [0.717, 1.165) is 24.0 Å². The van der Waals surface area contributed by atoms with Crippen LogP contribution in [0.5, 0.6) is 0 Å². The molecule has 0 unspecified atom stereocenters. The van der Waals surface area contributed by atoms with Crippen molar-refractivity contribution in [3.8, 4) is 0 Å². The molecule has 0 spiro atoms. The number of benzene rings is 2. The van der Waals surface area contributed by atoms with Crippen molar-refractivity contribution in [3.63, 3.8) is 0 Å². The fourth-order valence-corrected chi connectivity index (χ4v) is 4.77. The van der Waals surface area contributed by atoms with Gasteiger partial charge in [0.05, 0.1) is 37.9 Å². The molecule has 0 radical (unpaired) electrons. The minimum Gasteiger partial charge on any atom is -0.389 e. The van der Waals surface area contributed by atoms with E-state index in [2.05, 4.69) is 10.2 Å². The van der Waals surface area contributed by atoms with Gasteiger partial charge in [0.25, 0.3) is 0 Å². The largest absolute Gasteiger partial charge is 0.389 e. The van der Waals surface area contributed by atoms with E-state index in [-0.39, 0.29) is 43.0 Å². The normalized spacial score (nSPS) is 26.2. The molecule has 2 aliphatic rings. The number of amides is 1. The van der Waals surface area contributed by atoms with Gasteiger partial charge in [-0.3, -0.25) is 9.69 Å². The van der Waals surface area contributed by atoms with Crippen LogP contribution in [0.15, 0.2) is 48.5 Å². The van der Waals surface area contributed by atoms with Gasteiger partial charge in [-0.15, -0.1) is 0 Å². The Morgan fingerprint density at radius 2 is 1.94 bits per heavy atom. The van der Waals surface area contributed by atoms with Crippen LogP contribution in [0.1, 0.15) is 30.4 Å². The summed E-state index contributed by atoms with van der Waals surface area (Å²) in [5.41, 5.74) is 1.85. The second kappa shape index (κ2) is 11.4. The average Bonchev–Trinajstić information content (AvgIpc) is 2.79. The molecule has 8 heteroatoms. The molecule has 6 nitrogen and oxygen atoms in total. The minimum atomic E-state index is -0.597. The van der Waals surface area contributed by atoms with Gasteiger partial charge in [-0.05, 0) is 42.2 Å². The molecule has 0 saturated carbocycles. The predicted molar refractivity (Wildman–Crippen MR) is 123 cm³/mol. The number of nitrogens with zero attached hydrogens (tertiary/aromatic N) is 1. The Hall–Kier alpha value is -2.03. The third kappa shape index (κ3) is 6.74. The van der Waals surface area contributed by atoms with Crippen molar-refractivity contribution in [2.24, 2.45) is 0 Å². The summed E-state index contributed by atoms with van der Waals surface area (Å²) >= 11 is 6.16. The second-order valence-corrected chi connectivity index (χ2v) is 9.17. The van der Waals surface area contributed by atoms with Crippen LogP contribution in [-0.2, 0) is 27.4 Å². The zero-order valence-electron chi connectivity index (χ0n) is 18.5. The highest BCUT2D eigenvalue weighted by Crippen LogP contribution is 2.29. The predicted octanol–water partition coefficient (Wildman–Crippen LogP) is 3.29. The van der Waals surface area contributed by atoms with Gasteiger partial charge in [-0.25, -0.2) is 4.39 Å². The van der Waals surface area contributed by atoms with Gasteiger partial charge in [-0.2, -0.15) is 0 Å². The third-order valence-electron chi connectivity index (χ3n) is 6.23. The van der Waals surface area contributed by atoms with Crippen molar-refractivity contribution < 1.29 is 23.8 Å². The first-order valence-electron chi connectivity index (χ1n) is 11.4. The Labute approximate surface area is 198 Å². The highest BCUT2D eigenvalue weighted by atomic mass is 35.5. The molecule has 2 heterocycles. The summed E-state index contributed by atoms with van der Waals surface area (Å²) < 4.78 is 25.3. The molecule has 178 valence electrons. The molecule has 0 aliphatic carbocycles. The van der Waals surface area contributed by atoms with Crippen molar-refractivity contribution >= 4 is 17.5 Å². The monoisotopic (exact) mass is 476 g/mol. The maximum Gasteiger partial charge on any atom is 0.222 e. The minimum absolute atomic E-state index is 0.0486. The standard InChI is InChI=1S/C25H30ClFN2O4/c26-22-4-2-1-3-18(22)12-28-25(31)11-21-9-10-23-24(33-21)16-32-15-20(30)14-29(23)13-17-5-7-19(27)8-6-17/h1-8,20-21,23-24,30H,9-16H2,(H,28,31)/t20-,21-,23-,24+/m0/s1. The van der Waals surface area contributed by atoms with Crippen LogP contribution in [0.2, 0.25) is 5.02 Å². The lowest BCUT2D eigenvalue weighted by Gasteiger charge is -2.44. The third-order valence-corrected chi connectivity index (χ3v) is 6.60. The number of carbonyl (C=O) groups is 1. The van der Waals surface area contributed by atoms with Crippen molar-refractivity contribution in [2.75, 3.05) is 19.8 Å². The van der Waals surface area contributed by atoms with Gasteiger partial charge in [0, 0.05) is 30.7 Å². The number of aliphatic hydroxyl groups excluding tert-OH is 1. The highest BCUT2D eigenvalue weighted by Gasteiger charge is 2.38. The number of ether oxygens (including phenoxy) is 2. The van der Waals surface area contributed by atoms with E-state index in [1.54, 1.807) is 18.2 Å². The number of rotatable bonds is 6. The second-order valence-electron chi connectivity index (χ2n) is 8.76. The molecule has 0 bridgehead atoms. The fourth-order valence-electron chi connectivity index (χ4n) is 4.57. The molecule has 4 atom stereocenters. The van der Waals surface area contributed by atoms with Gasteiger partial charge in [0.1, 0.15) is 5.82 Å². The summed E-state index contributed by atoms with van der Waals surface area (Å²) in [5.74, 6) is -0.349.